The molecule has 0 fully saturated rings. The van der Waals surface area contributed by atoms with Gasteiger partial charge in [-0.1, -0.05) is 11.6 Å². The Balaban J connectivity index is 1.59. The Morgan fingerprint density at radius 3 is 2.81 bits per heavy atom. The van der Waals surface area contributed by atoms with Crippen LogP contribution >= 0.6 is 11.6 Å². The minimum atomic E-state index is -0.330. The van der Waals surface area contributed by atoms with Crippen molar-refractivity contribution < 1.29 is 4.39 Å². The zero-order chi connectivity index (χ0) is 18.1. The lowest BCUT2D eigenvalue weighted by atomic mass is 10.1. The van der Waals surface area contributed by atoms with Gasteiger partial charge in [0.05, 0.1) is 17.0 Å². The fourth-order valence-electron chi connectivity index (χ4n) is 3.11. The van der Waals surface area contributed by atoms with Gasteiger partial charge in [-0.3, -0.25) is 14.7 Å². The molecule has 0 saturated carbocycles. The highest BCUT2D eigenvalue weighted by Crippen LogP contribution is 2.21. The van der Waals surface area contributed by atoms with Crippen LogP contribution in [0, 0.1) is 5.82 Å². The van der Waals surface area contributed by atoms with Crippen molar-refractivity contribution >= 4 is 11.6 Å². The van der Waals surface area contributed by atoms with E-state index < -0.39 is 0 Å². The molecule has 7 heteroatoms. The second-order valence-electron chi connectivity index (χ2n) is 6.24. The van der Waals surface area contributed by atoms with Crippen LogP contribution in [0.4, 0.5) is 4.39 Å². The molecule has 0 saturated heterocycles. The molecule has 0 radical (unpaired) electrons. The molecule has 0 spiro atoms. The lowest BCUT2D eigenvalue weighted by molar-refractivity contribution is 0.235. The van der Waals surface area contributed by atoms with Gasteiger partial charge in [0.25, 0.3) is 5.56 Å². The highest BCUT2D eigenvalue weighted by atomic mass is 35.5. The number of fused-ring (bicyclic) bond motifs is 1. The summed E-state index contributed by atoms with van der Waals surface area (Å²) >= 11 is 5.91. The third-order valence-corrected chi connectivity index (χ3v) is 4.73. The average Bonchev–Trinajstić information content (AvgIpc) is 2.64. The maximum atomic E-state index is 13.8. The molecule has 0 bridgehead atoms. The first kappa shape index (κ1) is 16.9. The molecule has 1 aliphatic heterocycles. The standard InChI is InChI=1S/C19H16ClFN4O/c20-13-5-3-12(4-6-13)18-23-16-7-9-25(10-14(16)19(26)24-18)11-17-15(21)2-1-8-22-17/h1-6,8H,7,9-11H2,(H,23,24,26). The molecule has 0 amide bonds. The zero-order valence-electron chi connectivity index (χ0n) is 13.9. The van der Waals surface area contributed by atoms with E-state index in [4.69, 9.17) is 11.6 Å². The SMILES string of the molecule is O=c1[nH]c(-c2ccc(Cl)cc2)nc2c1CN(Cc1ncccc1F)CC2. The van der Waals surface area contributed by atoms with Crippen LogP contribution in [0.3, 0.4) is 0 Å². The number of benzene rings is 1. The van der Waals surface area contributed by atoms with Crippen LogP contribution in [0.15, 0.2) is 47.4 Å². The minimum Gasteiger partial charge on any atom is -0.306 e. The van der Waals surface area contributed by atoms with Gasteiger partial charge < -0.3 is 4.98 Å². The molecule has 3 heterocycles. The summed E-state index contributed by atoms with van der Waals surface area (Å²) < 4.78 is 13.8. The van der Waals surface area contributed by atoms with Crippen LogP contribution in [0.25, 0.3) is 11.4 Å². The smallest absolute Gasteiger partial charge is 0.255 e. The Kier molecular flexibility index (Phi) is 4.53. The summed E-state index contributed by atoms with van der Waals surface area (Å²) in [4.78, 5) is 26.1. The first-order valence-corrected chi connectivity index (χ1v) is 8.68. The second-order valence-corrected chi connectivity index (χ2v) is 6.68. The van der Waals surface area contributed by atoms with Crippen molar-refractivity contribution in [3.05, 3.63) is 80.7 Å². The molecular weight excluding hydrogens is 355 g/mol. The maximum Gasteiger partial charge on any atom is 0.255 e. The van der Waals surface area contributed by atoms with Gasteiger partial charge in [0.1, 0.15) is 11.6 Å². The van der Waals surface area contributed by atoms with Gasteiger partial charge in [0, 0.05) is 42.8 Å². The van der Waals surface area contributed by atoms with E-state index in [1.807, 2.05) is 17.0 Å². The van der Waals surface area contributed by atoms with E-state index in [1.165, 1.54) is 6.07 Å². The van der Waals surface area contributed by atoms with Crippen molar-refractivity contribution in [1.82, 2.24) is 19.9 Å². The summed E-state index contributed by atoms with van der Waals surface area (Å²) in [6.45, 7) is 1.48. The van der Waals surface area contributed by atoms with E-state index in [2.05, 4.69) is 15.0 Å². The van der Waals surface area contributed by atoms with E-state index >= 15 is 0 Å². The molecule has 0 atom stereocenters. The normalized spacial score (nSPS) is 14.2. The van der Waals surface area contributed by atoms with E-state index in [1.54, 1.807) is 24.4 Å². The fraction of sp³-hybridized carbons (Fsp3) is 0.211. The molecule has 0 unspecified atom stereocenters. The maximum absolute atomic E-state index is 13.8. The molecular formula is C19H16ClFN4O. The molecule has 1 N–H and O–H groups in total. The molecule has 2 aromatic heterocycles. The lowest BCUT2D eigenvalue weighted by Gasteiger charge is -2.27. The Hall–Kier alpha value is -2.57. The number of rotatable bonds is 3. The van der Waals surface area contributed by atoms with E-state index in [0.717, 1.165) is 11.3 Å². The van der Waals surface area contributed by atoms with Gasteiger partial charge >= 0.3 is 0 Å². The average molecular weight is 371 g/mol. The number of nitrogens with zero attached hydrogens (tertiary/aromatic N) is 3. The number of hydrogen-bond donors (Lipinski definition) is 1. The van der Waals surface area contributed by atoms with E-state index in [0.29, 0.717) is 48.2 Å². The largest absolute Gasteiger partial charge is 0.306 e. The van der Waals surface area contributed by atoms with Crippen molar-refractivity contribution in [2.45, 2.75) is 19.5 Å². The molecule has 26 heavy (non-hydrogen) atoms. The van der Waals surface area contributed by atoms with E-state index in [9.17, 15) is 9.18 Å². The predicted molar refractivity (Wildman–Crippen MR) is 97.3 cm³/mol. The summed E-state index contributed by atoms with van der Waals surface area (Å²) in [7, 11) is 0. The number of aromatic amines is 1. The molecule has 0 aliphatic carbocycles. The van der Waals surface area contributed by atoms with Gasteiger partial charge in [-0.15, -0.1) is 0 Å². The fourth-order valence-corrected chi connectivity index (χ4v) is 3.23. The third-order valence-electron chi connectivity index (χ3n) is 4.47. The lowest BCUT2D eigenvalue weighted by Crippen LogP contribution is -2.35. The summed E-state index contributed by atoms with van der Waals surface area (Å²) in [5.41, 5.74) is 2.46. The summed E-state index contributed by atoms with van der Waals surface area (Å²) in [6, 6.07) is 10.1. The second kappa shape index (κ2) is 6.97. The van der Waals surface area contributed by atoms with Gasteiger partial charge in [-0.25, -0.2) is 9.37 Å². The van der Waals surface area contributed by atoms with Crippen molar-refractivity contribution in [3.63, 3.8) is 0 Å². The minimum absolute atomic E-state index is 0.161. The molecule has 1 aliphatic rings. The number of pyridine rings is 1. The number of aromatic nitrogens is 3. The van der Waals surface area contributed by atoms with Gasteiger partial charge in [-0.2, -0.15) is 0 Å². The molecule has 132 valence electrons. The van der Waals surface area contributed by atoms with Crippen molar-refractivity contribution in [1.29, 1.82) is 0 Å². The summed E-state index contributed by atoms with van der Waals surface area (Å²) in [6.07, 6.45) is 2.21. The van der Waals surface area contributed by atoms with Crippen molar-refractivity contribution in [3.8, 4) is 11.4 Å². The summed E-state index contributed by atoms with van der Waals surface area (Å²) in [5.74, 6) is 0.207. The van der Waals surface area contributed by atoms with Crippen molar-refractivity contribution in [2.75, 3.05) is 6.54 Å². The Bertz CT molecular complexity index is 1000. The Labute approximate surface area is 154 Å². The molecule has 5 nitrogen and oxygen atoms in total. The van der Waals surface area contributed by atoms with Crippen LogP contribution in [-0.2, 0) is 19.5 Å². The predicted octanol–water partition coefficient (Wildman–Crippen LogP) is 3.18. The quantitative estimate of drug-likeness (QED) is 0.769. The topological polar surface area (TPSA) is 61.9 Å². The van der Waals surface area contributed by atoms with E-state index in [-0.39, 0.29) is 11.4 Å². The van der Waals surface area contributed by atoms with Gasteiger partial charge in [0.15, 0.2) is 0 Å². The Morgan fingerprint density at radius 1 is 1.23 bits per heavy atom. The molecule has 1 aromatic carbocycles. The number of H-pyrrole nitrogens is 1. The monoisotopic (exact) mass is 370 g/mol. The van der Waals surface area contributed by atoms with Crippen LogP contribution in [-0.4, -0.2) is 26.4 Å². The zero-order valence-corrected chi connectivity index (χ0v) is 14.6. The van der Waals surface area contributed by atoms with Crippen LogP contribution < -0.4 is 5.56 Å². The van der Waals surface area contributed by atoms with Crippen molar-refractivity contribution in [2.24, 2.45) is 0 Å². The van der Waals surface area contributed by atoms with Gasteiger partial charge in [-0.05, 0) is 36.4 Å². The highest BCUT2D eigenvalue weighted by molar-refractivity contribution is 6.30. The molecule has 3 aromatic rings. The number of nitrogens with one attached hydrogen (secondary N) is 1. The first-order valence-electron chi connectivity index (χ1n) is 8.30. The third kappa shape index (κ3) is 3.38. The number of hydrogen-bond acceptors (Lipinski definition) is 4. The van der Waals surface area contributed by atoms with Crippen LogP contribution in [0.5, 0.6) is 0 Å². The molecule has 4 rings (SSSR count). The first-order chi connectivity index (χ1) is 12.6. The number of halogens is 2. The Morgan fingerprint density at radius 2 is 2.04 bits per heavy atom. The highest BCUT2D eigenvalue weighted by Gasteiger charge is 2.22. The van der Waals surface area contributed by atoms with Crippen LogP contribution in [0.1, 0.15) is 17.0 Å². The van der Waals surface area contributed by atoms with Gasteiger partial charge in [0.2, 0.25) is 0 Å². The van der Waals surface area contributed by atoms with Crippen LogP contribution in [0.2, 0.25) is 5.02 Å². The summed E-state index contributed by atoms with van der Waals surface area (Å²) in [5, 5.41) is 0.631.